The smallest absolute Gasteiger partial charge is 0.408 e. The summed E-state index contributed by atoms with van der Waals surface area (Å²) in [4.78, 5) is 22.6. The van der Waals surface area contributed by atoms with Crippen LogP contribution in [-0.4, -0.2) is 23.7 Å². The van der Waals surface area contributed by atoms with E-state index in [9.17, 15) is 14.7 Å². The third-order valence-corrected chi connectivity index (χ3v) is 2.78. The van der Waals surface area contributed by atoms with Crippen molar-refractivity contribution in [2.24, 2.45) is 0 Å². The third-order valence-electron chi connectivity index (χ3n) is 2.78. The molecule has 0 bridgehead atoms. The number of carbonyl (C=O) groups is 2. The Kier molecular flexibility index (Phi) is 6.21. The minimum Gasteiger partial charge on any atom is -0.548 e. The summed E-state index contributed by atoms with van der Waals surface area (Å²) in [7, 11) is 0. The second-order valence-corrected chi connectivity index (χ2v) is 5.90. The fourth-order valence-electron chi connectivity index (χ4n) is 1.85. The summed E-state index contributed by atoms with van der Waals surface area (Å²) in [6.45, 7) is 5.15. The summed E-state index contributed by atoms with van der Waals surface area (Å²) < 4.78 is 5.04. The number of ether oxygens (including phenoxy) is 1. The highest BCUT2D eigenvalue weighted by Gasteiger charge is 2.19. The quantitative estimate of drug-likeness (QED) is 0.864. The van der Waals surface area contributed by atoms with Crippen molar-refractivity contribution in [2.75, 3.05) is 0 Å². The molecule has 116 valence electrons. The largest absolute Gasteiger partial charge is 0.548 e. The van der Waals surface area contributed by atoms with Gasteiger partial charge in [0.05, 0.1) is 12.0 Å². The zero-order valence-corrected chi connectivity index (χ0v) is 12.7. The summed E-state index contributed by atoms with van der Waals surface area (Å²) in [6.07, 6.45) is 0.951. The zero-order chi connectivity index (χ0) is 15.9. The minimum absolute atomic E-state index is 0.302. The zero-order valence-electron chi connectivity index (χ0n) is 12.7. The number of amides is 1. The van der Waals surface area contributed by atoms with Gasteiger partial charge in [-0.05, 0) is 45.6 Å². The number of rotatable bonds is 6. The Morgan fingerprint density at radius 3 is 2.38 bits per heavy atom. The molecule has 0 unspecified atom stereocenters. The van der Waals surface area contributed by atoms with Gasteiger partial charge in [-0.3, -0.25) is 0 Å². The standard InChI is InChI=1S/C16H23NO4/c1-16(2,3)21-15(20)17-13(14(18)19)11-7-10-12-8-5-4-6-9-12/h4-6,8-9,13H,7,10-11H2,1-3H3,(H,17,20)(H,18,19)/p-1/t13-/m0/s1. The normalized spacial score (nSPS) is 12.5. The molecule has 5 nitrogen and oxygen atoms in total. The van der Waals surface area contributed by atoms with Gasteiger partial charge in [0.2, 0.25) is 0 Å². The first kappa shape index (κ1) is 17.0. The second kappa shape index (κ2) is 7.67. The molecule has 0 aliphatic heterocycles. The van der Waals surface area contributed by atoms with Crippen molar-refractivity contribution in [2.45, 2.75) is 51.7 Å². The molecular weight excluding hydrogens is 270 g/mol. The molecule has 0 aliphatic rings. The van der Waals surface area contributed by atoms with Gasteiger partial charge < -0.3 is 20.0 Å². The topological polar surface area (TPSA) is 78.5 Å². The number of aryl methyl sites for hydroxylation is 1. The van der Waals surface area contributed by atoms with Crippen LogP contribution >= 0.6 is 0 Å². The highest BCUT2D eigenvalue weighted by molar-refractivity contribution is 5.78. The number of carboxylic acid groups (broad SMARTS) is 1. The maximum absolute atomic E-state index is 11.6. The number of carboxylic acids is 1. The van der Waals surface area contributed by atoms with Gasteiger partial charge in [0, 0.05) is 0 Å². The van der Waals surface area contributed by atoms with E-state index in [0.717, 1.165) is 12.0 Å². The first-order valence-corrected chi connectivity index (χ1v) is 7.02. The first-order chi connectivity index (χ1) is 9.78. The molecular formula is C16H22NO4-. The maximum atomic E-state index is 11.6. The lowest BCUT2D eigenvalue weighted by Gasteiger charge is -2.24. The van der Waals surface area contributed by atoms with Gasteiger partial charge in [-0.1, -0.05) is 30.3 Å². The third kappa shape index (κ3) is 7.34. The molecule has 1 atom stereocenters. The van der Waals surface area contributed by atoms with Gasteiger partial charge in [0.1, 0.15) is 5.60 Å². The van der Waals surface area contributed by atoms with Crippen LogP contribution in [0.2, 0.25) is 0 Å². The molecule has 1 aromatic carbocycles. The van der Waals surface area contributed by atoms with Crippen molar-refractivity contribution in [3.8, 4) is 0 Å². The van der Waals surface area contributed by atoms with Crippen molar-refractivity contribution >= 4 is 12.1 Å². The van der Waals surface area contributed by atoms with Gasteiger partial charge in [-0.2, -0.15) is 0 Å². The van der Waals surface area contributed by atoms with E-state index in [1.54, 1.807) is 20.8 Å². The number of carbonyl (C=O) groups excluding carboxylic acids is 2. The summed E-state index contributed by atoms with van der Waals surface area (Å²) in [5, 5.41) is 13.4. The van der Waals surface area contributed by atoms with Crippen LogP contribution in [0.3, 0.4) is 0 Å². The van der Waals surface area contributed by atoms with E-state index in [4.69, 9.17) is 4.74 Å². The number of hydrogen-bond acceptors (Lipinski definition) is 4. The predicted octanol–water partition coefficient (Wildman–Crippen LogP) is 1.65. The average Bonchev–Trinajstić information content (AvgIpc) is 2.36. The van der Waals surface area contributed by atoms with Gasteiger partial charge in [-0.25, -0.2) is 4.79 Å². The van der Waals surface area contributed by atoms with Gasteiger partial charge >= 0.3 is 6.09 Å². The van der Waals surface area contributed by atoms with E-state index in [-0.39, 0.29) is 0 Å². The molecule has 0 spiro atoms. The van der Waals surface area contributed by atoms with Crippen LogP contribution < -0.4 is 10.4 Å². The lowest BCUT2D eigenvalue weighted by molar-refractivity contribution is -0.308. The summed E-state index contributed by atoms with van der Waals surface area (Å²) in [6, 6.07) is 8.72. The molecule has 0 saturated carbocycles. The molecule has 5 heteroatoms. The molecule has 1 rings (SSSR count). The molecule has 0 aliphatic carbocycles. The van der Waals surface area contributed by atoms with E-state index in [0.29, 0.717) is 12.8 Å². The second-order valence-electron chi connectivity index (χ2n) is 5.90. The van der Waals surface area contributed by atoms with Crippen molar-refractivity contribution in [1.82, 2.24) is 5.32 Å². The fraction of sp³-hybridized carbons (Fsp3) is 0.500. The minimum atomic E-state index is -1.30. The van der Waals surface area contributed by atoms with E-state index in [1.165, 1.54) is 0 Å². The number of benzene rings is 1. The predicted molar refractivity (Wildman–Crippen MR) is 77.5 cm³/mol. The molecule has 0 radical (unpaired) electrons. The molecule has 0 saturated heterocycles. The van der Waals surface area contributed by atoms with Crippen LogP contribution in [-0.2, 0) is 16.0 Å². The summed E-state index contributed by atoms with van der Waals surface area (Å²) >= 11 is 0. The lowest BCUT2D eigenvalue weighted by atomic mass is 10.0. The molecule has 1 amide bonds. The summed E-state index contributed by atoms with van der Waals surface area (Å²) in [5.41, 5.74) is 0.469. The molecule has 21 heavy (non-hydrogen) atoms. The number of hydrogen-bond donors (Lipinski definition) is 1. The van der Waals surface area contributed by atoms with Crippen molar-refractivity contribution in [1.29, 1.82) is 0 Å². The monoisotopic (exact) mass is 292 g/mol. The van der Waals surface area contributed by atoms with Crippen LogP contribution in [0.1, 0.15) is 39.2 Å². The van der Waals surface area contributed by atoms with E-state index < -0.39 is 23.7 Å². The van der Waals surface area contributed by atoms with Crippen LogP contribution in [0.15, 0.2) is 30.3 Å². The lowest BCUT2D eigenvalue weighted by Crippen LogP contribution is -2.49. The van der Waals surface area contributed by atoms with Crippen molar-refractivity contribution in [3.63, 3.8) is 0 Å². The van der Waals surface area contributed by atoms with Gasteiger partial charge in [0.15, 0.2) is 0 Å². The molecule has 1 N–H and O–H groups in total. The first-order valence-electron chi connectivity index (χ1n) is 7.02. The summed E-state index contributed by atoms with van der Waals surface area (Å²) in [5.74, 6) is -1.30. The highest BCUT2D eigenvalue weighted by Crippen LogP contribution is 2.09. The van der Waals surface area contributed by atoms with Gasteiger partial charge in [-0.15, -0.1) is 0 Å². The Labute approximate surface area is 125 Å². The molecule has 1 aromatic rings. The van der Waals surface area contributed by atoms with Crippen LogP contribution in [0, 0.1) is 0 Å². The van der Waals surface area contributed by atoms with Gasteiger partial charge in [0.25, 0.3) is 0 Å². The number of nitrogens with one attached hydrogen (secondary N) is 1. The Hall–Kier alpha value is -2.04. The van der Waals surface area contributed by atoms with Crippen LogP contribution in [0.5, 0.6) is 0 Å². The SMILES string of the molecule is CC(C)(C)OC(=O)N[C@@H](CCCc1ccccc1)C(=O)[O-]. The molecule has 0 fully saturated rings. The maximum Gasteiger partial charge on any atom is 0.408 e. The Morgan fingerprint density at radius 1 is 1.24 bits per heavy atom. The Morgan fingerprint density at radius 2 is 1.86 bits per heavy atom. The average molecular weight is 292 g/mol. The molecule has 0 aromatic heterocycles. The number of alkyl carbamates (subject to hydrolysis) is 1. The van der Waals surface area contributed by atoms with Crippen molar-refractivity contribution < 1.29 is 19.4 Å². The fourth-order valence-corrected chi connectivity index (χ4v) is 1.85. The Balaban J connectivity index is 2.43. The highest BCUT2D eigenvalue weighted by atomic mass is 16.6. The van der Waals surface area contributed by atoms with Crippen LogP contribution in [0.25, 0.3) is 0 Å². The molecule has 0 heterocycles. The van der Waals surface area contributed by atoms with E-state index >= 15 is 0 Å². The number of aliphatic carboxylic acids is 1. The van der Waals surface area contributed by atoms with E-state index in [1.807, 2.05) is 30.3 Å². The Bertz CT molecular complexity index is 465. The van der Waals surface area contributed by atoms with Crippen LogP contribution in [0.4, 0.5) is 4.79 Å². The van der Waals surface area contributed by atoms with E-state index in [2.05, 4.69) is 5.32 Å². The van der Waals surface area contributed by atoms with Crippen molar-refractivity contribution in [3.05, 3.63) is 35.9 Å².